The zero-order valence-electron chi connectivity index (χ0n) is 16.1. The Hall–Kier alpha value is -2.80. The van der Waals surface area contributed by atoms with Gasteiger partial charge < -0.3 is 14.6 Å². The van der Waals surface area contributed by atoms with E-state index in [1.807, 2.05) is 24.3 Å². The van der Waals surface area contributed by atoms with Crippen LogP contribution in [0.15, 0.2) is 53.7 Å². The summed E-state index contributed by atoms with van der Waals surface area (Å²) in [7, 11) is 1.32. The number of ether oxygens (including phenoxy) is 1. The van der Waals surface area contributed by atoms with E-state index < -0.39 is 5.97 Å². The number of carbonyl (C=O) groups excluding carboxylic acids is 2. The molecule has 0 bridgehead atoms. The van der Waals surface area contributed by atoms with Crippen LogP contribution in [0, 0.1) is 5.92 Å². The Morgan fingerprint density at radius 3 is 2.61 bits per heavy atom. The predicted molar refractivity (Wildman–Crippen MR) is 112 cm³/mol. The van der Waals surface area contributed by atoms with E-state index >= 15 is 0 Å². The molecule has 0 spiro atoms. The molecule has 3 rings (SSSR count). The van der Waals surface area contributed by atoms with Crippen molar-refractivity contribution in [1.82, 2.24) is 9.55 Å². The molecule has 0 atom stereocenters. The van der Waals surface area contributed by atoms with Crippen molar-refractivity contribution in [2.45, 2.75) is 25.5 Å². The average molecular weight is 398 g/mol. The van der Waals surface area contributed by atoms with Gasteiger partial charge in [0.2, 0.25) is 5.91 Å². The maximum atomic E-state index is 12.5. The first-order valence-corrected chi connectivity index (χ1v) is 10.0. The zero-order valence-corrected chi connectivity index (χ0v) is 17.0. The molecular weight excluding hydrogens is 374 g/mol. The van der Waals surface area contributed by atoms with Crippen molar-refractivity contribution < 1.29 is 14.3 Å². The highest BCUT2D eigenvalue weighted by atomic mass is 32.2. The fourth-order valence-electron chi connectivity index (χ4n) is 2.90. The van der Waals surface area contributed by atoms with Crippen LogP contribution in [0.25, 0.3) is 11.0 Å². The predicted octanol–water partition coefficient (Wildman–Crippen LogP) is 4.21. The van der Waals surface area contributed by atoms with Crippen molar-refractivity contribution >= 4 is 40.4 Å². The van der Waals surface area contributed by atoms with Crippen LogP contribution < -0.4 is 5.32 Å². The molecule has 28 heavy (non-hydrogen) atoms. The van der Waals surface area contributed by atoms with Crippen LogP contribution >= 0.6 is 11.8 Å². The third kappa shape index (κ3) is 4.54. The quantitative estimate of drug-likeness (QED) is 0.478. The highest BCUT2D eigenvalue weighted by Crippen LogP contribution is 2.25. The van der Waals surface area contributed by atoms with Crippen LogP contribution in [0.5, 0.6) is 0 Å². The molecule has 3 aromatic rings. The van der Waals surface area contributed by atoms with E-state index in [1.165, 1.54) is 18.9 Å². The number of benzene rings is 2. The lowest BCUT2D eigenvalue weighted by atomic mass is 10.2. The van der Waals surface area contributed by atoms with Crippen molar-refractivity contribution in [3.8, 4) is 0 Å². The van der Waals surface area contributed by atoms with Crippen molar-refractivity contribution in [3.05, 3.63) is 54.1 Å². The van der Waals surface area contributed by atoms with Gasteiger partial charge in [-0.25, -0.2) is 9.78 Å². The number of hydrogen-bond acceptors (Lipinski definition) is 5. The number of anilines is 1. The summed E-state index contributed by atoms with van der Waals surface area (Å²) in [6.45, 7) is 5.13. The van der Waals surface area contributed by atoms with Crippen LogP contribution in [0.1, 0.15) is 24.2 Å². The molecule has 0 radical (unpaired) electrons. The molecule has 1 N–H and O–H groups in total. The number of hydrogen-bond donors (Lipinski definition) is 1. The molecule has 0 aliphatic carbocycles. The lowest BCUT2D eigenvalue weighted by Crippen LogP contribution is -2.17. The van der Waals surface area contributed by atoms with Crippen LogP contribution in [0.2, 0.25) is 0 Å². The van der Waals surface area contributed by atoms with Gasteiger partial charge >= 0.3 is 5.97 Å². The normalized spacial score (nSPS) is 11.0. The fourth-order valence-corrected chi connectivity index (χ4v) is 3.73. The van der Waals surface area contributed by atoms with Crippen LogP contribution in [0.4, 0.5) is 5.69 Å². The Morgan fingerprint density at radius 2 is 1.86 bits per heavy atom. The fraction of sp³-hybridized carbons (Fsp3) is 0.286. The molecule has 0 fully saturated rings. The number of fused-ring (bicyclic) bond motifs is 1. The second-order valence-corrected chi connectivity index (χ2v) is 7.70. The molecule has 6 nitrogen and oxygen atoms in total. The maximum Gasteiger partial charge on any atom is 0.339 e. The molecule has 0 saturated carbocycles. The summed E-state index contributed by atoms with van der Waals surface area (Å²) >= 11 is 1.39. The minimum Gasteiger partial charge on any atom is -0.465 e. The molecule has 1 amide bonds. The number of para-hydroxylation sites is 3. The second-order valence-electron chi connectivity index (χ2n) is 6.76. The number of carbonyl (C=O) groups is 2. The summed E-state index contributed by atoms with van der Waals surface area (Å²) in [5.41, 5.74) is 2.75. The smallest absolute Gasteiger partial charge is 0.339 e. The monoisotopic (exact) mass is 397 g/mol. The number of amides is 1. The standard InChI is InChI=1S/C21H23N3O3S/c1-14(2)12-24-18-11-7-6-10-17(18)23-21(24)28-13-19(25)22-16-9-5-4-8-15(16)20(26)27-3/h4-11,14H,12-13H2,1-3H3,(H,22,25). The third-order valence-electron chi connectivity index (χ3n) is 4.11. The van der Waals surface area contributed by atoms with Gasteiger partial charge in [0.15, 0.2) is 5.16 Å². The first-order valence-electron chi connectivity index (χ1n) is 9.05. The Kier molecular flexibility index (Phi) is 6.36. The number of esters is 1. The van der Waals surface area contributed by atoms with E-state index in [2.05, 4.69) is 28.7 Å². The first-order chi connectivity index (χ1) is 13.5. The van der Waals surface area contributed by atoms with Gasteiger partial charge in [-0.15, -0.1) is 0 Å². The summed E-state index contributed by atoms with van der Waals surface area (Å²) in [6, 6.07) is 14.8. The van der Waals surface area contributed by atoms with Crippen LogP contribution in [-0.4, -0.2) is 34.3 Å². The largest absolute Gasteiger partial charge is 0.465 e. The van der Waals surface area contributed by atoms with E-state index in [0.29, 0.717) is 17.2 Å². The number of nitrogens with one attached hydrogen (secondary N) is 1. The molecule has 0 saturated heterocycles. The van der Waals surface area contributed by atoms with Crippen molar-refractivity contribution in [1.29, 1.82) is 0 Å². The Morgan fingerprint density at radius 1 is 1.14 bits per heavy atom. The van der Waals surface area contributed by atoms with Gasteiger partial charge in [0, 0.05) is 6.54 Å². The van der Waals surface area contributed by atoms with Crippen molar-refractivity contribution in [3.63, 3.8) is 0 Å². The van der Waals surface area contributed by atoms with Gasteiger partial charge in [0.1, 0.15) is 0 Å². The lowest BCUT2D eigenvalue weighted by Gasteiger charge is -2.12. The van der Waals surface area contributed by atoms with Crippen LogP contribution in [0.3, 0.4) is 0 Å². The SMILES string of the molecule is COC(=O)c1ccccc1NC(=O)CSc1nc2ccccc2n1CC(C)C. The lowest BCUT2D eigenvalue weighted by molar-refractivity contribution is -0.113. The van der Waals surface area contributed by atoms with E-state index in [1.54, 1.807) is 24.3 Å². The Balaban J connectivity index is 1.74. The molecule has 7 heteroatoms. The molecule has 0 aliphatic rings. The number of rotatable bonds is 7. The summed E-state index contributed by atoms with van der Waals surface area (Å²) < 4.78 is 6.92. The van der Waals surface area contributed by atoms with Crippen molar-refractivity contribution in [2.75, 3.05) is 18.2 Å². The summed E-state index contributed by atoms with van der Waals surface area (Å²) in [5.74, 6) is -0.0406. The van der Waals surface area contributed by atoms with E-state index in [-0.39, 0.29) is 11.7 Å². The minimum absolute atomic E-state index is 0.191. The topological polar surface area (TPSA) is 73.2 Å². The molecular formula is C21H23N3O3S. The highest BCUT2D eigenvalue weighted by Gasteiger charge is 2.16. The molecule has 0 unspecified atom stereocenters. The highest BCUT2D eigenvalue weighted by molar-refractivity contribution is 7.99. The molecule has 1 heterocycles. The summed E-state index contributed by atoms with van der Waals surface area (Å²) in [6.07, 6.45) is 0. The molecule has 0 aliphatic heterocycles. The summed E-state index contributed by atoms with van der Waals surface area (Å²) in [5, 5.41) is 3.60. The minimum atomic E-state index is -0.484. The van der Waals surface area contributed by atoms with Gasteiger partial charge in [-0.05, 0) is 30.2 Å². The molecule has 2 aromatic carbocycles. The van der Waals surface area contributed by atoms with E-state index in [4.69, 9.17) is 4.74 Å². The molecule has 1 aromatic heterocycles. The van der Waals surface area contributed by atoms with Gasteiger partial charge in [0.05, 0.1) is 35.1 Å². The zero-order chi connectivity index (χ0) is 20.1. The number of aromatic nitrogens is 2. The van der Waals surface area contributed by atoms with Gasteiger partial charge in [-0.3, -0.25) is 4.79 Å². The number of imidazole rings is 1. The van der Waals surface area contributed by atoms with Gasteiger partial charge in [0.25, 0.3) is 0 Å². The van der Waals surface area contributed by atoms with E-state index in [9.17, 15) is 9.59 Å². The molecule has 146 valence electrons. The van der Waals surface area contributed by atoms with Crippen LogP contribution in [-0.2, 0) is 16.1 Å². The number of methoxy groups -OCH3 is 1. The number of nitrogens with zero attached hydrogens (tertiary/aromatic N) is 2. The van der Waals surface area contributed by atoms with Crippen molar-refractivity contribution in [2.24, 2.45) is 5.92 Å². The Labute approximate surface area is 168 Å². The maximum absolute atomic E-state index is 12.5. The van der Waals surface area contributed by atoms with Gasteiger partial charge in [-0.1, -0.05) is 49.9 Å². The van der Waals surface area contributed by atoms with Gasteiger partial charge in [-0.2, -0.15) is 0 Å². The van der Waals surface area contributed by atoms with E-state index in [0.717, 1.165) is 22.7 Å². The summed E-state index contributed by atoms with van der Waals surface area (Å²) in [4.78, 5) is 29.0. The Bertz CT molecular complexity index is 997. The second kappa shape index (κ2) is 8.93. The first kappa shape index (κ1) is 19.9. The third-order valence-corrected chi connectivity index (χ3v) is 5.08. The average Bonchev–Trinajstić information content (AvgIpc) is 3.03. The number of thioether (sulfide) groups is 1.